The quantitative estimate of drug-likeness (QED) is 0.794. The second kappa shape index (κ2) is 4.78. The fourth-order valence-corrected chi connectivity index (χ4v) is 2.22. The molecule has 4 nitrogen and oxygen atoms in total. The van der Waals surface area contributed by atoms with Gasteiger partial charge in [-0.1, -0.05) is 25.4 Å². The van der Waals surface area contributed by atoms with E-state index in [1.54, 1.807) is 0 Å². The second-order valence-corrected chi connectivity index (χ2v) is 5.45. The topological polar surface area (TPSA) is 58.0 Å². The van der Waals surface area contributed by atoms with Gasteiger partial charge in [0.1, 0.15) is 17.3 Å². The lowest BCUT2D eigenvalue weighted by Gasteiger charge is -2.17. The van der Waals surface area contributed by atoms with Crippen molar-refractivity contribution in [2.24, 2.45) is 5.41 Å². The van der Waals surface area contributed by atoms with E-state index in [-0.39, 0.29) is 17.9 Å². The van der Waals surface area contributed by atoms with Gasteiger partial charge in [0.05, 0.1) is 6.61 Å². The van der Waals surface area contributed by atoms with Gasteiger partial charge in [-0.3, -0.25) is 0 Å². The largest absolute Gasteiger partial charge is 0.396 e. The van der Waals surface area contributed by atoms with Gasteiger partial charge in [0.2, 0.25) is 0 Å². The van der Waals surface area contributed by atoms with Crippen LogP contribution in [0.15, 0.2) is 6.33 Å². The Morgan fingerprint density at radius 1 is 1.47 bits per heavy atom. The van der Waals surface area contributed by atoms with E-state index in [0.29, 0.717) is 5.15 Å². The smallest absolute Gasteiger partial charge is 0.138 e. The number of aromatic nitrogens is 2. The molecule has 0 spiro atoms. The Bertz CT molecular complexity index is 405. The number of aliphatic hydroxyl groups excluding tert-OH is 1. The van der Waals surface area contributed by atoms with Gasteiger partial charge in [-0.25, -0.2) is 9.97 Å². The molecule has 1 fully saturated rings. The first kappa shape index (κ1) is 12.6. The molecule has 0 saturated heterocycles. The molecule has 2 rings (SSSR count). The first-order valence-corrected chi connectivity index (χ1v) is 6.31. The normalized spacial score (nSPS) is 17.2. The summed E-state index contributed by atoms with van der Waals surface area (Å²) >= 11 is 6.08. The summed E-state index contributed by atoms with van der Waals surface area (Å²) in [5, 5.41) is 13.1. The van der Waals surface area contributed by atoms with Gasteiger partial charge >= 0.3 is 0 Å². The Morgan fingerprint density at radius 3 is 2.71 bits per heavy atom. The van der Waals surface area contributed by atoms with Gasteiger partial charge in [-0.2, -0.15) is 0 Å². The van der Waals surface area contributed by atoms with Crippen molar-refractivity contribution in [2.45, 2.75) is 32.6 Å². The van der Waals surface area contributed by atoms with E-state index in [2.05, 4.69) is 29.1 Å². The Morgan fingerprint density at radius 2 is 2.18 bits per heavy atom. The predicted molar refractivity (Wildman–Crippen MR) is 68.4 cm³/mol. The van der Waals surface area contributed by atoms with Crippen LogP contribution in [0.3, 0.4) is 0 Å². The maximum atomic E-state index is 9.27. The van der Waals surface area contributed by atoms with Crippen LogP contribution in [0, 0.1) is 5.41 Å². The minimum absolute atomic E-state index is 0.0612. The van der Waals surface area contributed by atoms with Gasteiger partial charge < -0.3 is 10.4 Å². The third-order valence-corrected chi connectivity index (χ3v) is 3.64. The molecular formula is C12H18ClN3O. The van der Waals surface area contributed by atoms with E-state index in [1.165, 1.54) is 6.33 Å². The summed E-state index contributed by atoms with van der Waals surface area (Å²) in [7, 11) is 0. The monoisotopic (exact) mass is 255 g/mol. The molecular weight excluding hydrogens is 238 g/mol. The molecule has 94 valence electrons. The van der Waals surface area contributed by atoms with Crippen LogP contribution in [-0.4, -0.2) is 28.2 Å². The Balaban J connectivity index is 2.12. The van der Waals surface area contributed by atoms with Crippen LogP contribution in [0.25, 0.3) is 0 Å². The summed E-state index contributed by atoms with van der Waals surface area (Å²) in [6.45, 7) is 5.11. The standard InChI is InChI=1S/C12H18ClN3O/c1-8(2)9-10(13)15-7-16-11(9)14-5-12(6-17)3-4-12/h7-8,17H,3-6H2,1-2H3,(H,14,15,16). The molecule has 1 aliphatic carbocycles. The van der Waals surface area contributed by atoms with Gasteiger partial charge in [0.15, 0.2) is 0 Å². The van der Waals surface area contributed by atoms with Crippen molar-refractivity contribution in [3.05, 3.63) is 17.0 Å². The molecule has 1 aromatic rings. The first-order chi connectivity index (χ1) is 8.08. The van der Waals surface area contributed by atoms with Crippen LogP contribution in [0.1, 0.15) is 38.2 Å². The van der Waals surface area contributed by atoms with Crippen molar-refractivity contribution >= 4 is 17.4 Å². The molecule has 1 aliphatic rings. The molecule has 2 N–H and O–H groups in total. The number of hydrogen-bond acceptors (Lipinski definition) is 4. The Kier molecular flexibility index (Phi) is 3.54. The predicted octanol–water partition coefficient (Wildman–Crippen LogP) is 2.44. The molecule has 0 bridgehead atoms. The molecule has 17 heavy (non-hydrogen) atoms. The average molecular weight is 256 g/mol. The van der Waals surface area contributed by atoms with E-state index in [4.69, 9.17) is 11.6 Å². The molecule has 5 heteroatoms. The lowest BCUT2D eigenvalue weighted by atomic mass is 10.1. The first-order valence-electron chi connectivity index (χ1n) is 5.93. The maximum absolute atomic E-state index is 9.27. The fraction of sp³-hybridized carbons (Fsp3) is 0.667. The summed E-state index contributed by atoms with van der Waals surface area (Å²) in [6.07, 6.45) is 3.62. The highest BCUT2D eigenvalue weighted by atomic mass is 35.5. The fourth-order valence-electron chi connectivity index (χ4n) is 1.87. The van der Waals surface area contributed by atoms with Crippen LogP contribution in [0.5, 0.6) is 0 Å². The zero-order valence-electron chi connectivity index (χ0n) is 10.2. The zero-order valence-corrected chi connectivity index (χ0v) is 11.0. The lowest BCUT2D eigenvalue weighted by molar-refractivity contribution is 0.219. The van der Waals surface area contributed by atoms with Gasteiger partial charge in [0, 0.05) is 17.5 Å². The number of hydrogen-bond donors (Lipinski definition) is 2. The van der Waals surface area contributed by atoms with Gasteiger partial charge in [0.25, 0.3) is 0 Å². The maximum Gasteiger partial charge on any atom is 0.138 e. The minimum Gasteiger partial charge on any atom is -0.396 e. The molecule has 0 aliphatic heterocycles. The lowest BCUT2D eigenvalue weighted by Crippen LogP contribution is -2.20. The molecule has 0 radical (unpaired) electrons. The van der Waals surface area contributed by atoms with E-state index < -0.39 is 0 Å². The molecule has 0 amide bonds. The van der Waals surface area contributed by atoms with Crippen LogP contribution < -0.4 is 5.32 Å². The zero-order chi connectivity index (χ0) is 12.5. The number of nitrogens with zero attached hydrogens (tertiary/aromatic N) is 2. The van der Waals surface area contributed by atoms with Crippen molar-refractivity contribution in [3.8, 4) is 0 Å². The molecule has 0 aromatic carbocycles. The molecule has 1 heterocycles. The summed E-state index contributed by atoms with van der Waals surface area (Å²) in [4.78, 5) is 8.24. The summed E-state index contributed by atoms with van der Waals surface area (Å²) in [5.41, 5.74) is 1.01. The van der Waals surface area contributed by atoms with Crippen molar-refractivity contribution < 1.29 is 5.11 Å². The number of nitrogens with one attached hydrogen (secondary N) is 1. The molecule has 1 aromatic heterocycles. The molecule has 0 unspecified atom stereocenters. The third-order valence-electron chi connectivity index (χ3n) is 3.34. The van der Waals surface area contributed by atoms with Crippen molar-refractivity contribution in [1.82, 2.24) is 9.97 Å². The highest BCUT2D eigenvalue weighted by molar-refractivity contribution is 6.30. The van der Waals surface area contributed by atoms with E-state index >= 15 is 0 Å². The summed E-state index contributed by atoms with van der Waals surface area (Å²) in [6, 6.07) is 0. The van der Waals surface area contributed by atoms with E-state index in [0.717, 1.165) is 30.8 Å². The Hall–Kier alpha value is -0.870. The number of aliphatic hydroxyl groups is 1. The second-order valence-electron chi connectivity index (χ2n) is 5.09. The SMILES string of the molecule is CC(C)c1c(Cl)ncnc1NCC1(CO)CC1. The van der Waals surface area contributed by atoms with Crippen molar-refractivity contribution in [3.63, 3.8) is 0 Å². The number of halogens is 1. The van der Waals surface area contributed by atoms with E-state index in [9.17, 15) is 5.11 Å². The molecule has 1 saturated carbocycles. The highest BCUT2D eigenvalue weighted by Gasteiger charge is 2.41. The highest BCUT2D eigenvalue weighted by Crippen LogP contribution is 2.45. The van der Waals surface area contributed by atoms with Crippen LogP contribution in [-0.2, 0) is 0 Å². The van der Waals surface area contributed by atoms with Gasteiger partial charge in [-0.15, -0.1) is 0 Å². The van der Waals surface area contributed by atoms with Crippen LogP contribution in [0.2, 0.25) is 5.15 Å². The number of anilines is 1. The van der Waals surface area contributed by atoms with Crippen molar-refractivity contribution in [2.75, 3.05) is 18.5 Å². The van der Waals surface area contributed by atoms with E-state index in [1.807, 2.05) is 0 Å². The number of rotatable bonds is 5. The van der Waals surface area contributed by atoms with Crippen LogP contribution in [0.4, 0.5) is 5.82 Å². The summed E-state index contributed by atoms with van der Waals surface area (Å²) < 4.78 is 0. The average Bonchev–Trinajstić information content (AvgIpc) is 3.06. The molecule has 0 atom stereocenters. The van der Waals surface area contributed by atoms with Crippen molar-refractivity contribution in [1.29, 1.82) is 0 Å². The minimum atomic E-state index is 0.0612. The summed E-state index contributed by atoms with van der Waals surface area (Å²) in [5.74, 6) is 1.07. The van der Waals surface area contributed by atoms with Gasteiger partial charge in [-0.05, 0) is 18.8 Å². The third kappa shape index (κ3) is 2.69. The van der Waals surface area contributed by atoms with Crippen LogP contribution >= 0.6 is 11.6 Å². The Labute approximate surface area is 106 Å².